The molecule has 0 heterocycles. The molecular weight excluding hydrogens is 230 g/mol. The minimum Gasteiger partial charge on any atom is -0.467 e. The fraction of sp³-hybridized carbons (Fsp3) is 0.857. The predicted molar refractivity (Wildman–Crippen MR) is 67.8 cm³/mol. The van der Waals surface area contributed by atoms with Crippen LogP contribution in [-0.2, 0) is 14.3 Å². The minimum atomic E-state index is -0.868. The van der Waals surface area contributed by atoms with Crippen molar-refractivity contribution in [2.75, 3.05) is 7.11 Å². The number of ether oxygens (including phenoxy) is 1. The van der Waals surface area contributed by atoms with Gasteiger partial charge in [0.25, 0.3) is 0 Å². The third-order valence-electron chi connectivity index (χ3n) is 4.40. The standard InChI is InChI=1S/C14H23NO3/c1-4-5-14(2,13(17)18-3)15-12(16)11-7-9-6-10(9)8-11/h9-11H,4-8H2,1-3H3,(H,15,16). The van der Waals surface area contributed by atoms with Crippen molar-refractivity contribution < 1.29 is 14.3 Å². The average Bonchev–Trinajstić information content (AvgIpc) is 2.95. The first-order valence-electron chi connectivity index (χ1n) is 6.90. The summed E-state index contributed by atoms with van der Waals surface area (Å²) in [5, 5.41) is 2.91. The Hall–Kier alpha value is -1.06. The van der Waals surface area contributed by atoms with Gasteiger partial charge in [0, 0.05) is 5.92 Å². The van der Waals surface area contributed by atoms with Crippen molar-refractivity contribution in [3.63, 3.8) is 0 Å². The Balaban J connectivity index is 1.95. The van der Waals surface area contributed by atoms with Crippen LogP contribution in [0.4, 0.5) is 0 Å². The molecular formula is C14H23NO3. The summed E-state index contributed by atoms with van der Waals surface area (Å²) in [6, 6.07) is 0. The number of hydrogen-bond donors (Lipinski definition) is 1. The van der Waals surface area contributed by atoms with Crippen molar-refractivity contribution in [2.24, 2.45) is 17.8 Å². The van der Waals surface area contributed by atoms with Gasteiger partial charge in [-0.25, -0.2) is 4.79 Å². The minimum absolute atomic E-state index is 0.0311. The van der Waals surface area contributed by atoms with Gasteiger partial charge in [-0.3, -0.25) is 4.79 Å². The van der Waals surface area contributed by atoms with E-state index in [0.717, 1.165) is 31.1 Å². The van der Waals surface area contributed by atoms with Crippen LogP contribution in [0.1, 0.15) is 46.0 Å². The van der Waals surface area contributed by atoms with Gasteiger partial charge in [0.2, 0.25) is 5.91 Å². The van der Waals surface area contributed by atoms with Crippen LogP contribution in [0.2, 0.25) is 0 Å². The molecule has 0 saturated heterocycles. The molecule has 0 aromatic heterocycles. The molecule has 1 N–H and O–H groups in total. The van der Waals surface area contributed by atoms with E-state index in [0.29, 0.717) is 6.42 Å². The largest absolute Gasteiger partial charge is 0.467 e. The van der Waals surface area contributed by atoms with Gasteiger partial charge < -0.3 is 10.1 Å². The van der Waals surface area contributed by atoms with Crippen molar-refractivity contribution in [3.8, 4) is 0 Å². The molecule has 3 unspecified atom stereocenters. The summed E-state index contributed by atoms with van der Waals surface area (Å²) in [4.78, 5) is 24.0. The quantitative estimate of drug-likeness (QED) is 0.761. The molecule has 0 bridgehead atoms. The van der Waals surface area contributed by atoms with E-state index in [1.165, 1.54) is 13.5 Å². The van der Waals surface area contributed by atoms with E-state index in [4.69, 9.17) is 4.74 Å². The molecule has 2 rings (SSSR count). The second-order valence-electron chi connectivity index (χ2n) is 5.99. The number of hydrogen-bond acceptors (Lipinski definition) is 3. The van der Waals surface area contributed by atoms with Crippen LogP contribution in [0.3, 0.4) is 0 Å². The number of amides is 1. The molecule has 0 aromatic rings. The summed E-state index contributed by atoms with van der Waals surface area (Å²) in [7, 11) is 1.37. The molecule has 102 valence electrons. The second-order valence-corrected chi connectivity index (χ2v) is 5.99. The third-order valence-corrected chi connectivity index (χ3v) is 4.40. The van der Waals surface area contributed by atoms with Gasteiger partial charge >= 0.3 is 5.97 Å². The van der Waals surface area contributed by atoms with Crippen LogP contribution in [0.15, 0.2) is 0 Å². The van der Waals surface area contributed by atoms with Crippen LogP contribution in [0.5, 0.6) is 0 Å². The van der Waals surface area contributed by atoms with Crippen LogP contribution in [0, 0.1) is 17.8 Å². The maximum absolute atomic E-state index is 12.2. The first-order valence-corrected chi connectivity index (χ1v) is 6.90. The summed E-state index contributed by atoms with van der Waals surface area (Å²) in [5.41, 5.74) is -0.868. The highest BCUT2D eigenvalue weighted by Gasteiger charge is 2.49. The Kier molecular flexibility index (Phi) is 3.64. The van der Waals surface area contributed by atoms with Crippen molar-refractivity contribution in [3.05, 3.63) is 0 Å². The zero-order chi connectivity index (χ0) is 13.3. The van der Waals surface area contributed by atoms with Gasteiger partial charge in [0.1, 0.15) is 5.54 Å². The monoisotopic (exact) mass is 253 g/mol. The number of methoxy groups -OCH3 is 1. The van der Waals surface area contributed by atoms with Gasteiger partial charge in [0.15, 0.2) is 0 Å². The molecule has 4 nitrogen and oxygen atoms in total. The Labute approximate surface area is 108 Å². The molecule has 2 saturated carbocycles. The maximum Gasteiger partial charge on any atom is 0.331 e. The molecule has 0 aliphatic heterocycles. The number of esters is 1. The number of carbonyl (C=O) groups excluding carboxylic acids is 2. The van der Waals surface area contributed by atoms with E-state index in [2.05, 4.69) is 5.32 Å². The van der Waals surface area contributed by atoms with Crippen LogP contribution in [-0.4, -0.2) is 24.5 Å². The van der Waals surface area contributed by atoms with E-state index in [1.54, 1.807) is 6.92 Å². The SMILES string of the molecule is CCCC(C)(NC(=O)C1CC2CC2C1)C(=O)OC. The van der Waals surface area contributed by atoms with Crippen molar-refractivity contribution in [1.82, 2.24) is 5.32 Å². The smallest absolute Gasteiger partial charge is 0.331 e. The third kappa shape index (κ3) is 2.52. The Bertz CT molecular complexity index is 345. The van der Waals surface area contributed by atoms with E-state index >= 15 is 0 Å². The number of rotatable bonds is 5. The van der Waals surface area contributed by atoms with Crippen LogP contribution in [0.25, 0.3) is 0 Å². The summed E-state index contributed by atoms with van der Waals surface area (Å²) in [6.45, 7) is 3.76. The van der Waals surface area contributed by atoms with E-state index in [9.17, 15) is 9.59 Å². The molecule has 2 fully saturated rings. The lowest BCUT2D eigenvalue weighted by atomic mass is 9.93. The zero-order valence-corrected chi connectivity index (χ0v) is 11.5. The average molecular weight is 253 g/mol. The van der Waals surface area contributed by atoms with Crippen LogP contribution < -0.4 is 5.32 Å². The van der Waals surface area contributed by atoms with Gasteiger partial charge in [-0.05, 0) is 44.4 Å². The van der Waals surface area contributed by atoms with Gasteiger partial charge in [-0.1, -0.05) is 13.3 Å². The molecule has 0 aromatic carbocycles. The topological polar surface area (TPSA) is 55.4 Å². The summed E-state index contributed by atoms with van der Waals surface area (Å²) >= 11 is 0. The highest BCUT2D eigenvalue weighted by atomic mass is 16.5. The molecule has 18 heavy (non-hydrogen) atoms. The molecule has 3 atom stereocenters. The highest BCUT2D eigenvalue weighted by Crippen LogP contribution is 2.54. The second kappa shape index (κ2) is 4.90. The first kappa shape index (κ1) is 13.4. The molecule has 4 heteroatoms. The Morgan fingerprint density at radius 1 is 1.28 bits per heavy atom. The number of carbonyl (C=O) groups is 2. The van der Waals surface area contributed by atoms with Crippen molar-refractivity contribution in [1.29, 1.82) is 0 Å². The first-order chi connectivity index (χ1) is 8.50. The van der Waals surface area contributed by atoms with Crippen LogP contribution >= 0.6 is 0 Å². The normalized spacial score (nSPS) is 32.3. The lowest BCUT2D eigenvalue weighted by Crippen LogP contribution is -2.54. The number of nitrogens with one attached hydrogen (secondary N) is 1. The number of fused-ring (bicyclic) bond motifs is 1. The summed E-state index contributed by atoms with van der Waals surface area (Å²) < 4.78 is 4.81. The predicted octanol–water partition coefficient (Wildman–Crippen LogP) is 1.88. The Morgan fingerprint density at radius 3 is 2.39 bits per heavy atom. The summed E-state index contributed by atoms with van der Waals surface area (Å²) in [6.07, 6.45) is 4.75. The lowest BCUT2D eigenvalue weighted by Gasteiger charge is -2.29. The van der Waals surface area contributed by atoms with Gasteiger partial charge in [-0.2, -0.15) is 0 Å². The Morgan fingerprint density at radius 2 is 1.89 bits per heavy atom. The molecule has 0 radical (unpaired) electrons. The van der Waals surface area contributed by atoms with E-state index in [-0.39, 0.29) is 17.8 Å². The molecule has 2 aliphatic rings. The van der Waals surface area contributed by atoms with Gasteiger partial charge in [0.05, 0.1) is 7.11 Å². The fourth-order valence-corrected chi connectivity index (χ4v) is 3.24. The zero-order valence-electron chi connectivity index (χ0n) is 11.5. The van der Waals surface area contributed by atoms with E-state index < -0.39 is 5.54 Å². The lowest BCUT2D eigenvalue weighted by molar-refractivity contribution is -0.151. The molecule has 2 aliphatic carbocycles. The van der Waals surface area contributed by atoms with E-state index in [1.807, 2.05) is 6.92 Å². The summed E-state index contributed by atoms with van der Waals surface area (Å²) in [5.74, 6) is 1.34. The van der Waals surface area contributed by atoms with Crippen molar-refractivity contribution in [2.45, 2.75) is 51.5 Å². The van der Waals surface area contributed by atoms with Gasteiger partial charge in [-0.15, -0.1) is 0 Å². The van der Waals surface area contributed by atoms with Crippen molar-refractivity contribution >= 4 is 11.9 Å². The highest BCUT2D eigenvalue weighted by molar-refractivity contribution is 5.88. The molecule has 1 amide bonds. The molecule has 0 spiro atoms. The fourth-order valence-electron chi connectivity index (χ4n) is 3.24. The maximum atomic E-state index is 12.2.